The quantitative estimate of drug-likeness (QED) is 0.889. The summed E-state index contributed by atoms with van der Waals surface area (Å²) in [5.41, 5.74) is 0.870. The largest absolute Gasteiger partial charge is 0.494 e. The lowest BCUT2D eigenvalue weighted by atomic mass is 10.1. The molecule has 20 heavy (non-hydrogen) atoms. The number of benzene rings is 1. The second-order valence-electron chi connectivity index (χ2n) is 4.84. The van der Waals surface area contributed by atoms with Crippen molar-refractivity contribution in [1.82, 2.24) is 4.90 Å². The number of hydrogen-bond acceptors (Lipinski definition) is 3. The van der Waals surface area contributed by atoms with Crippen molar-refractivity contribution >= 4 is 11.9 Å². The monoisotopic (exact) mass is 277 g/mol. The fourth-order valence-electron chi connectivity index (χ4n) is 2.47. The lowest BCUT2D eigenvalue weighted by Crippen LogP contribution is -2.41. The topological polar surface area (TPSA) is 66.8 Å². The van der Waals surface area contributed by atoms with Crippen molar-refractivity contribution in [3.05, 3.63) is 29.8 Å². The van der Waals surface area contributed by atoms with Gasteiger partial charge in [-0.1, -0.05) is 12.1 Å². The first-order valence-corrected chi connectivity index (χ1v) is 6.86. The SMILES string of the molecule is CCOc1ccc(CC(=O)N2CCC[C@@H]2C(=O)O)cc1. The highest BCUT2D eigenvalue weighted by atomic mass is 16.5. The van der Waals surface area contributed by atoms with E-state index in [2.05, 4.69) is 0 Å². The van der Waals surface area contributed by atoms with Crippen LogP contribution >= 0.6 is 0 Å². The third-order valence-corrected chi connectivity index (χ3v) is 3.45. The highest BCUT2D eigenvalue weighted by molar-refractivity contribution is 5.85. The standard InChI is InChI=1S/C15H19NO4/c1-2-20-12-7-5-11(6-8-12)10-14(17)16-9-3-4-13(16)15(18)19/h5-8,13H,2-4,9-10H2,1H3,(H,18,19)/t13-/m1/s1. The number of likely N-dealkylation sites (tertiary alicyclic amines) is 1. The first-order valence-electron chi connectivity index (χ1n) is 6.86. The second-order valence-corrected chi connectivity index (χ2v) is 4.84. The molecule has 0 aromatic heterocycles. The van der Waals surface area contributed by atoms with E-state index in [1.807, 2.05) is 31.2 Å². The number of amides is 1. The normalized spacial score (nSPS) is 18.1. The molecule has 0 radical (unpaired) electrons. The lowest BCUT2D eigenvalue weighted by Gasteiger charge is -2.21. The Balaban J connectivity index is 1.98. The van der Waals surface area contributed by atoms with E-state index in [1.54, 1.807) is 0 Å². The van der Waals surface area contributed by atoms with E-state index in [0.29, 0.717) is 19.6 Å². The molecule has 5 nitrogen and oxygen atoms in total. The van der Waals surface area contributed by atoms with Crippen molar-refractivity contribution < 1.29 is 19.4 Å². The lowest BCUT2D eigenvalue weighted by molar-refractivity contribution is -0.148. The van der Waals surface area contributed by atoms with Gasteiger partial charge in [-0.2, -0.15) is 0 Å². The summed E-state index contributed by atoms with van der Waals surface area (Å²) < 4.78 is 5.34. The van der Waals surface area contributed by atoms with Crippen LogP contribution in [0.25, 0.3) is 0 Å². The van der Waals surface area contributed by atoms with E-state index >= 15 is 0 Å². The molecule has 1 aliphatic rings. The smallest absolute Gasteiger partial charge is 0.326 e. The molecule has 1 aromatic rings. The Hall–Kier alpha value is -2.04. The predicted molar refractivity (Wildman–Crippen MR) is 73.7 cm³/mol. The van der Waals surface area contributed by atoms with Crippen LogP contribution in [0.1, 0.15) is 25.3 Å². The number of carbonyl (C=O) groups excluding carboxylic acids is 1. The molecule has 108 valence electrons. The maximum absolute atomic E-state index is 12.2. The summed E-state index contributed by atoms with van der Waals surface area (Å²) in [6.07, 6.45) is 1.53. The Morgan fingerprint density at radius 1 is 1.35 bits per heavy atom. The van der Waals surface area contributed by atoms with Crippen molar-refractivity contribution in [2.45, 2.75) is 32.2 Å². The van der Waals surface area contributed by atoms with Crippen LogP contribution in [0.5, 0.6) is 5.75 Å². The zero-order chi connectivity index (χ0) is 14.5. The summed E-state index contributed by atoms with van der Waals surface area (Å²) in [7, 11) is 0. The Morgan fingerprint density at radius 3 is 2.65 bits per heavy atom. The minimum Gasteiger partial charge on any atom is -0.494 e. The van der Waals surface area contributed by atoms with Gasteiger partial charge in [-0.05, 0) is 37.5 Å². The van der Waals surface area contributed by atoms with Crippen LogP contribution < -0.4 is 4.74 Å². The van der Waals surface area contributed by atoms with Gasteiger partial charge in [-0.25, -0.2) is 4.79 Å². The highest BCUT2D eigenvalue weighted by Crippen LogP contribution is 2.19. The summed E-state index contributed by atoms with van der Waals surface area (Å²) in [6.45, 7) is 3.05. The summed E-state index contributed by atoms with van der Waals surface area (Å²) in [5, 5.41) is 9.08. The molecule has 0 unspecified atom stereocenters. The second kappa shape index (κ2) is 6.41. The van der Waals surface area contributed by atoms with Gasteiger partial charge in [0.25, 0.3) is 0 Å². The molecular weight excluding hydrogens is 258 g/mol. The molecule has 1 atom stereocenters. The summed E-state index contributed by atoms with van der Waals surface area (Å²) in [5.74, 6) is -0.269. The molecule has 1 aliphatic heterocycles. The fraction of sp³-hybridized carbons (Fsp3) is 0.467. The molecule has 1 amide bonds. The average Bonchev–Trinajstić information content (AvgIpc) is 2.91. The zero-order valence-corrected chi connectivity index (χ0v) is 11.5. The van der Waals surface area contributed by atoms with Gasteiger partial charge in [0.15, 0.2) is 0 Å². The molecule has 5 heteroatoms. The molecule has 2 rings (SSSR count). The van der Waals surface area contributed by atoms with Crippen molar-refractivity contribution in [2.24, 2.45) is 0 Å². The first-order chi connectivity index (χ1) is 9.61. The number of carboxylic acids is 1. The van der Waals surface area contributed by atoms with Gasteiger partial charge < -0.3 is 14.7 Å². The van der Waals surface area contributed by atoms with Crippen LogP contribution in [-0.4, -0.2) is 41.1 Å². The molecular formula is C15H19NO4. The summed E-state index contributed by atoms with van der Waals surface area (Å²) in [6, 6.07) is 6.67. The summed E-state index contributed by atoms with van der Waals surface area (Å²) >= 11 is 0. The maximum atomic E-state index is 12.2. The minimum absolute atomic E-state index is 0.126. The fourth-order valence-corrected chi connectivity index (χ4v) is 2.47. The Kier molecular flexibility index (Phi) is 4.61. The van der Waals surface area contributed by atoms with Crippen molar-refractivity contribution in [3.8, 4) is 5.75 Å². The number of hydrogen-bond donors (Lipinski definition) is 1. The van der Waals surface area contributed by atoms with E-state index in [9.17, 15) is 9.59 Å². The average molecular weight is 277 g/mol. The van der Waals surface area contributed by atoms with Crippen LogP contribution in [0, 0.1) is 0 Å². The van der Waals surface area contributed by atoms with Gasteiger partial charge in [-0.15, -0.1) is 0 Å². The molecule has 0 saturated carbocycles. The molecule has 1 saturated heterocycles. The van der Waals surface area contributed by atoms with Crippen molar-refractivity contribution in [2.75, 3.05) is 13.2 Å². The van der Waals surface area contributed by atoms with Gasteiger partial charge in [0, 0.05) is 6.54 Å². The predicted octanol–water partition coefficient (Wildman–Crippen LogP) is 1.70. The third-order valence-electron chi connectivity index (χ3n) is 3.45. The molecule has 1 heterocycles. The van der Waals surface area contributed by atoms with Crippen LogP contribution in [-0.2, 0) is 16.0 Å². The first kappa shape index (κ1) is 14.4. The van der Waals surface area contributed by atoms with Gasteiger partial charge in [0.2, 0.25) is 5.91 Å². The van der Waals surface area contributed by atoms with E-state index in [0.717, 1.165) is 17.7 Å². The van der Waals surface area contributed by atoms with Gasteiger partial charge in [0.05, 0.1) is 13.0 Å². The summed E-state index contributed by atoms with van der Waals surface area (Å²) in [4.78, 5) is 24.7. The van der Waals surface area contributed by atoms with Crippen LogP contribution in [0.15, 0.2) is 24.3 Å². The molecule has 0 spiro atoms. The molecule has 1 fully saturated rings. The van der Waals surface area contributed by atoms with Crippen LogP contribution in [0.2, 0.25) is 0 Å². The molecule has 1 aromatic carbocycles. The van der Waals surface area contributed by atoms with Crippen LogP contribution in [0.4, 0.5) is 0 Å². The minimum atomic E-state index is -0.914. The number of carboxylic acid groups (broad SMARTS) is 1. The van der Waals surface area contributed by atoms with Gasteiger partial charge >= 0.3 is 5.97 Å². The number of nitrogens with zero attached hydrogens (tertiary/aromatic N) is 1. The molecule has 1 N–H and O–H groups in total. The van der Waals surface area contributed by atoms with E-state index in [1.165, 1.54) is 4.90 Å². The van der Waals surface area contributed by atoms with Crippen LogP contribution in [0.3, 0.4) is 0 Å². The Morgan fingerprint density at radius 2 is 2.05 bits per heavy atom. The highest BCUT2D eigenvalue weighted by Gasteiger charge is 2.33. The van der Waals surface area contributed by atoms with Crippen molar-refractivity contribution in [1.29, 1.82) is 0 Å². The number of rotatable bonds is 5. The molecule has 0 aliphatic carbocycles. The van der Waals surface area contributed by atoms with E-state index < -0.39 is 12.0 Å². The third kappa shape index (κ3) is 3.29. The number of ether oxygens (including phenoxy) is 1. The van der Waals surface area contributed by atoms with E-state index in [-0.39, 0.29) is 12.3 Å². The Bertz CT molecular complexity index is 483. The van der Waals surface area contributed by atoms with Crippen molar-refractivity contribution in [3.63, 3.8) is 0 Å². The van der Waals surface area contributed by atoms with Gasteiger partial charge in [-0.3, -0.25) is 4.79 Å². The maximum Gasteiger partial charge on any atom is 0.326 e. The Labute approximate surface area is 118 Å². The number of carbonyl (C=O) groups is 2. The van der Waals surface area contributed by atoms with E-state index in [4.69, 9.17) is 9.84 Å². The van der Waals surface area contributed by atoms with Gasteiger partial charge in [0.1, 0.15) is 11.8 Å². The number of aliphatic carboxylic acids is 1. The zero-order valence-electron chi connectivity index (χ0n) is 11.5. The molecule has 0 bridgehead atoms.